The third-order valence-corrected chi connectivity index (χ3v) is 4.79. The van der Waals surface area contributed by atoms with Crippen LogP contribution in [0.25, 0.3) is 11.3 Å². The summed E-state index contributed by atoms with van der Waals surface area (Å²) in [6.45, 7) is 2.03. The van der Waals surface area contributed by atoms with Crippen molar-refractivity contribution in [2.45, 2.75) is 6.92 Å². The van der Waals surface area contributed by atoms with Crippen LogP contribution in [0, 0.1) is 10.5 Å². The highest BCUT2D eigenvalue weighted by atomic mass is 127. The second-order valence-corrected chi connectivity index (χ2v) is 7.49. The van der Waals surface area contributed by atoms with Crippen LogP contribution in [-0.4, -0.2) is 12.1 Å². The molecule has 0 aliphatic carbocycles. The molecule has 0 fully saturated rings. The van der Waals surface area contributed by atoms with Crippen molar-refractivity contribution in [1.82, 2.24) is 5.43 Å². The maximum Gasteiger partial charge on any atom is 0.271 e. The van der Waals surface area contributed by atoms with Gasteiger partial charge in [0.05, 0.1) is 6.21 Å². The zero-order chi connectivity index (χ0) is 17.8. The van der Waals surface area contributed by atoms with Crippen LogP contribution in [0.5, 0.6) is 0 Å². The highest BCUT2D eigenvalue weighted by Crippen LogP contribution is 2.30. The fourth-order valence-corrected chi connectivity index (χ4v) is 3.47. The normalized spacial score (nSPS) is 11.0. The number of nitrogens with zero attached hydrogens (tertiary/aromatic N) is 1. The highest BCUT2D eigenvalue weighted by molar-refractivity contribution is 14.1. The first-order valence-corrected chi connectivity index (χ1v) is 9.35. The fourth-order valence-electron chi connectivity index (χ4n) is 2.24. The average molecular weight is 509 g/mol. The Morgan fingerprint density at radius 1 is 1.20 bits per heavy atom. The van der Waals surface area contributed by atoms with Crippen LogP contribution in [-0.2, 0) is 0 Å². The summed E-state index contributed by atoms with van der Waals surface area (Å²) < 4.78 is 7.73. The van der Waals surface area contributed by atoms with Gasteiger partial charge in [-0.25, -0.2) is 5.43 Å². The summed E-state index contributed by atoms with van der Waals surface area (Å²) in [5, 5.41) is 3.96. The Morgan fingerprint density at radius 2 is 2.04 bits per heavy atom. The summed E-state index contributed by atoms with van der Waals surface area (Å²) in [5.41, 5.74) is 5.20. The minimum absolute atomic E-state index is 0.261. The van der Waals surface area contributed by atoms with Gasteiger partial charge in [-0.15, -0.1) is 0 Å². The number of nitrogens with one attached hydrogen (secondary N) is 1. The summed E-state index contributed by atoms with van der Waals surface area (Å²) in [7, 11) is 0. The highest BCUT2D eigenvalue weighted by Gasteiger charge is 2.08. The summed E-state index contributed by atoms with van der Waals surface area (Å²) in [5.74, 6) is 1.03. The molecule has 0 bridgehead atoms. The first-order chi connectivity index (χ1) is 12.0. The number of carbonyl (C=O) groups is 1. The third-order valence-electron chi connectivity index (χ3n) is 3.46. The van der Waals surface area contributed by atoms with Gasteiger partial charge in [0.1, 0.15) is 11.5 Å². The van der Waals surface area contributed by atoms with E-state index in [2.05, 4.69) is 49.0 Å². The smallest absolute Gasteiger partial charge is 0.271 e. The molecular weight excluding hydrogens is 495 g/mol. The molecule has 6 heteroatoms. The Hall–Kier alpha value is -1.93. The number of hydrazone groups is 1. The van der Waals surface area contributed by atoms with Crippen molar-refractivity contribution >= 4 is 50.6 Å². The largest absolute Gasteiger partial charge is 0.455 e. The van der Waals surface area contributed by atoms with Gasteiger partial charge in [0.15, 0.2) is 0 Å². The number of hydrogen-bond acceptors (Lipinski definition) is 3. The van der Waals surface area contributed by atoms with Gasteiger partial charge >= 0.3 is 0 Å². The van der Waals surface area contributed by atoms with Crippen molar-refractivity contribution in [3.05, 3.63) is 79.5 Å². The third kappa shape index (κ3) is 4.58. The molecule has 1 aromatic heterocycles. The zero-order valence-corrected chi connectivity index (χ0v) is 17.0. The lowest BCUT2D eigenvalue weighted by molar-refractivity contribution is 0.0955. The summed E-state index contributed by atoms with van der Waals surface area (Å²) in [4.78, 5) is 12.0. The van der Waals surface area contributed by atoms with Crippen LogP contribution < -0.4 is 5.43 Å². The molecule has 1 heterocycles. The van der Waals surface area contributed by atoms with Crippen LogP contribution in [0.15, 0.2) is 68.6 Å². The molecule has 0 aliphatic rings. The molecule has 1 N–H and O–H groups in total. The molecule has 1 amide bonds. The van der Waals surface area contributed by atoms with Gasteiger partial charge in [-0.2, -0.15) is 5.10 Å². The topological polar surface area (TPSA) is 54.6 Å². The van der Waals surface area contributed by atoms with E-state index < -0.39 is 0 Å². The number of halogens is 2. The predicted octanol–water partition coefficient (Wildman–Crippen LogP) is 5.39. The second kappa shape index (κ2) is 7.97. The van der Waals surface area contributed by atoms with E-state index in [-0.39, 0.29) is 5.91 Å². The number of amides is 1. The maximum absolute atomic E-state index is 12.0. The van der Waals surface area contributed by atoms with Gasteiger partial charge in [0, 0.05) is 19.2 Å². The molecule has 0 unspecified atom stereocenters. The van der Waals surface area contributed by atoms with Gasteiger partial charge in [0.2, 0.25) is 0 Å². The summed E-state index contributed by atoms with van der Waals surface area (Å²) in [6.07, 6.45) is 1.48. The Morgan fingerprint density at radius 3 is 2.80 bits per heavy atom. The molecule has 0 spiro atoms. The Balaban J connectivity index is 1.69. The molecule has 3 aromatic rings. The number of carbonyl (C=O) groups excluding carboxylic acids is 1. The van der Waals surface area contributed by atoms with E-state index in [1.807, 2.05) is 49.4 Å². The Bertz CT molecular complexity index is 950. The van der Waals surface area contributed by atoms with Crippen molar-refractivity contribution in [2.24, 2.45) is 5.10 Å². The van der Waals surface area contributed by atoms with Gasteiger partial charge in [-0.3, -0.25) is 4.79 Å². The molecule has 0 saturated carbocycles. The molecule has 126 valence electrons. The van der Waals surface area contributed by atoms with E-state index in [1.165, 1.54) is 11.8 Å². The standard InChI is InChI=1S/C19H14BrIN2O2/c1-12-5-7-16(17(20)9-12)18-8-6-15(25-18)11-22-23-19(24)13-3-2-4-14(21)10-13/h2-11H,1H3,(H,23,24)/b22-11-. The molecule has 2 aromatic carbocycles. The van der Waals surface area contributed by atoms with E-state index in [4.69, 9.17) is 4.42 Å². The lowest BCUT2D eigenvalue weighted by Crippen LogP contribution is -2.17. The lowest BCUT2D eigenvalue weighted by Gasteiger charge is -2.02. The van der Waals surface area contributed by atoms with Crippen LogP contribution in [0.4, 0.5) is 0 Å². The molecule has 0 radical (unpaired) electrons. The fraction of sp³-hybridized carbons (Fsp3) is 0.0526. The molecule has 25 heavy (non-hydrogen) atoms. The van der Waals surface area contributed by atoms with Crippen LogP contribution in [0.1, 0.15) is 21.7 Å². The van der Waals surface area contributed by atoms with Gasteiger partial charge in [0.25, 0.3) is 5.91 Å². The maximum atomic E-state index is 12.0. The lowest BCUT2D eigenvalue weighted by atomic mass is 10.1. The van der Waals surface area contributed by atoms with E-state index >= 15 is 0 Å². The number of hydrogen-bond donors (Lipinski definition) is 1. The van der Waals surface area contributed by atoms with Crippen molar-refractivity contribution in [2.75, 3.05) is 0 Å². The monoisotopic (exact) mass is 508 g/mol. The predicted molar refractivity (Wildman–Crippen MR) is 111 cm³/mol. The Labute approximate surface area is 167 Å². The number of aryl methyl sites for hydroxylation is 1. The summed E-state index contributed by atoms with van der Waals surface area (Å²) in [6, 6.07) is 17.0. The minimum atomic E-state index is -0.261. The van der Waals surface area contributed by atoms with E-state index in [1.54, 1.807) is 12.1 Å². The van der Waals surface area contributed by atoms with Crippen molar-refractivity contribution in [1.29, 1.82) is 0 Å². The molecular formula is C19H14BrIN2O2. The average Bonchev–Trinajstić information content (AvgIpc) is 3.03. The number of benzene rings is 2. The van der Waals surface area contributed by atoms with Crippen LogP contribution >= 0.6 is 38.5 Å². The van der Waals surface area contributed by atoms with E-state index in [0.717, 1.165) is 19.4 Å². The van der Waals surface area contributed by atoms with Gasteiger partial charge < -0.3 is 4.42 Å². The SMILES string of the molecule is Cc1ccc(-c2ccc(/C=N\NC(=O)c3cccc(I)c3)o2)c(Br)c1. The Kier molecular flexibility index (Phi) is 5.70. The minimum Gasteiger partial charge on any atom is -0.455 e. The second-order valence-electron chi connectivity index (χ2n) is 5.39. The van der Waals surface area contributed by atoms with Crippen LogP contribution in [0.2, 0.25) is 0 Å². The number of rotatable bonds is 4. The van der Waals surface area contributed by atoms with Gasteiger partial charge in [-0.1, -0.05) is 28.1 Å². The quantitative estimate of drug-likeness (QED) is 0.292. The van der Waals surface area contributed by atoms with E-state index in [9.17, 15) is 4.79 Å². The molecule has 0 aliphatic heterocycles. The molecule has 0 saturated heterocycles. The van der Waals surface area contributed by atoms with Crippen LogP contribution in [0.3, 0.4) is 0 Å². The zero-order valence-electron chi connectivity index (χ0n) is 13.3. The van der Waals surface area contributed by atoms with E-state index in [0.29, 0.717) is 11.3 Å². The first-order valence-electron chi connectivity index (χ1n) is 7.48. The number of furan rings is 1. The molecule has 3 rings (SSSR count). The van der Waals surface area contributed by atoms with Crippen molar-refractivity contribution in [3.63, 3.8) is 0 Å². The van der Waals surface area contributed by atoms with Crippen molar-refractivity contribution < 1.29 is 9.21 Å². The first kappa shape index (κ1) is 17.9. The molecule has 4 nitrogen and oxygen atoms in total. The van der Waals surface area contributed by atoms with Crippen molar-refractivity contribution in [3.8, 4) is 11.3 Å². The summed E-state index contributed by atoms with van der Waals surface area (Å²) >= 11 is 5.71. The van der Waals surface area contributed by atoms with Gasteiger partial charge in [-0.05, 0) is 77.5 Å². The molecule has 0 atom stereocenters.